The summed E-state index contributed by atoms with van der Waals surface area (Å²) in [4.78, 5) is 7.70. The van der Waals surface area contributed by atoms with Crippen LogP contribution < -0.4 is 0 Å². The molecule has 0 saturated heterocycles. The Balaban J connectivity index is 1.47. The quantitative estimate of drug-likeness (QED) is 0.182. The van der Waals surface area contributed by atoms with Crippen molar-refractivity contribution in [2.45, 2.75) is 26.2 Å². The van der Waals surface area contributed by atoms with Crippen molar-refractivity contribution < 1.29 is 0 Å². The number of para-hydroxylation sites is 3. The molecule has 46 heavy (non-hydrogen) atoms. The average molecular weight is 591 g/mol. The number of rotatable bonds is 3. The Labute approximate surface area is 268 Å². The summed E-state index contributed by atoms with van der Waals surface area (Å²) >= 11 is 0. The van der Waals surface area contributed by atoms with E-state index in [1.54, 1.807) is 6.07 Å². The molecule has 4 heteroatoms. The van der Waals surface area contributed by atoms with Gasteiger partial charge in [0.15, 0.2) is 5.69 Å². The van der Waals surface area contributed by atoms with Crippen LogP contribution in [0.15, 0.2) is 127 Å². The summed E-state index contributed by atoms with van der Waals surface area (Å²) in [7, 11) is 0. The van der Waals surface area contributed by atoms with Crippen LogP contribution in [0.1, 0.15) is 26.3 Å². The number of hydrogen-bond donors (Lipinski definition) is 0. The number of hydrogen-bond acceptors (Lipinski definition) is 0. The molecule has 2 heterocycles. The number of benzene rings is 6. The van der Waals surface area contributed by atoms with Crippen LogP contribution in [-0.4, -0.2) is 9.13 Å². The van der Waals surface area contributed by atoms with Gasteiger partial charge < -0.3 is 9.13 Å². The summed E-state index contributed by atoms with van der Waals surface area (Å²) in [6.45, 7) is 22.3. The number of aromatic nitrogens is 2. The molecular weight excluding hydrogens is 560 g/mol. The van der Waals surface area contributed by atoms with E-state index in [1.807, 2.05) is 6.07 Å². The molecule has 0 aliphatic rings. The largest absolute Gasteiger partial charge is 0.319 e. The van der Waals surface area contributed by atoms with E-state index in [9.17, 15) is 0 Å². The van der Waals surface area contributed by atoms with Crippen molar-refractivity contribution in [3.8, 4) is 22.5 Å². The number of nitrogens with zero attached hydrogens (tertiary/aromatic N) is 4. The lowest BCUT2D eigenvalue weighted by atomic mass is 9.84. The van der Waals surface area contributed by atoms with Crippen LogP contribution in [0.25, 0.3) is 75.8 Å². The fourth-order valence-electron chi connectivity index (χ4n) is 7.05. The second kappa shape index (κ2) is 10.2. The molecule has 0 bridgehead atoms. The zero-order valence-corrected chi connectivity index (χ0v) is 25.9. The highest BCUT2D eigenvalue weighted by atomic mass is 15.0. The summed E-state index contributed by atoms with van der Waals surface area (Å²) in [5.74, 6) is 0. The molecule has 4 nitrogen and oxygen atoms in total. The molecule has 0 spiro atoms. The van der Waals surface area contributed by atoms with Gasteiger partial charge in [-0.1, -0.05) is 106 Å². The third-order valence-electron chi connectivity index (χ3n) is 9.05. The molecule has 8 aromatic rings. The summed E-state index contributed by atoms with van der Waals surface area (Å²) in [5.41, 5.74) is 10.3. The van der Waals surface area contributed by atoms with Crippen LogP contribution in [-0.2, 0) is 5.41 Å². The minimum Gasteiger partial charge on any atom is -0.319 e. The van der Waals surface area contributed by atoms with E-state index in [4.69, 9.17) is 13.1 Å². The SMILES string of the molecule is [C-]#[N+]c1cc([N+]#[C-])c(-n2c3ccccc3c3c(-c4ccc5c6ccccc6n(-c6ccccc6)c5c4)cccc32)c(C(C)(C)C)c1. The molecule has 0 saturated carbocycles. The third kappa shape index (κ3) is 4.05. The summed E-state index contributed by atoms with van der Waals surface area (Å²) in [5, 5.41) is 4.72. The van der Waals surface area contributed by atoms with E-state index in [1.165, 1.54) is 16.3 Å². The predicted molar refractivity (Wildman–Crippen MR) is 192 cm³/mol. The first kappa shape index (κ1) is 27.4. The van der Waals surface area contributed by atoms with Gasteiger partial charge in [0.25, 0.3) is 0 Å². The van der Waals surface area contributed by atoms with Crippen LogP contribution in [0.2, 0.25) is 0 Å². The van der Waals surface area contributed by atoms with E-state index >= 15 is 0 Å². The smallest absolute Gasteiger partial charge is 0.200 e. The van der Waals surface area contributed by atoms with Gasteiger partial charge in [-0.2, -0.15) is 0 Å². The molecule has 0 aliphatic carbocycles. The van der Waals surface area contributed by atoms with Gasteiger partial charge in [-0.25, -0.2) is 9.69 Å². The zero-order valence-electron chi connectivity index (χ0n) is 25.9. The van der Waals surface area contributed by atoms with Crippen LogP contribution >= 0.6 is 0 Å². The van der Waals surface area contributed by atoms with Gasteiger partial charge in [0.2, 0.25) is 5.69 Å². The Morgan fingerprint density at radius 1 is 0.543 bits per heavy atom. The van der Waals surface area contributed by atoms with E-state index in [0.29, 0.717) is 11.4 Å². The van der Waals surface area contributed by atoms with Gasteiger partial charge in [-0.05, 0) is 64.6 Å². The highest BCUT2D eigenvalue weighted by molar-refractivity contribution is 6.17. The van der Waals surface area contributed by atoms with Crippen molar-refractivity contribution in [2.75, 3.05) is 0 Å². The molecule has 6 aromatic carbocycles. The van der Waals surface area contributed by atoms with E-state index < -0.39 is 0 Å². The lowest BCUT2D eigenvalue weighted by Gasteiger charge is -2.26. The molecule has 218 valence electrons. The minimum absolute atomic E-state index is 0.291. The van der Waals surface area contributed by atoms with Gasteiger partial charge >= 0.3 is 0 Å². The van der Waals surface area contributed by atoms with Crippen LogP contribution in [0, 0.1) is 13.1 Å². The Morgan fingerprint density at radius 2 is 1.20 bits per heavy atom. The van der Waals surface area contributed by atoms with Crippen molar-refractivity contribution >= 4 is 55.0 Å². The molecule has 0 unspecified atom stereocenters. The number of fused-ring (bicyclic) bond motifs is 6. The molecular formula is C42H30N4. The Bertz CT molecular complexity index is 2580. The monoisotopic (exact) mass is 590 g/mol. The molecule has 0 fully saturated rings. The van der Waals surface area contributed by atoms with Crippen molar-refractivity contribution in [3.05, 3.63) is 156 Å². The van der Waals surface area contributed by atoms with Crippen molar-refractivity contribution in [1.29, 1.82) is 0 Å². The molecule has 0 aliphatic heterocycles. The Hall–Kier alpha value is -6.10. The highest BCUT2D eigenvalue weighted by Gasteiger charge is 2.26. The maximum absolute atomic E-state index is 8.17. The standard InChI is InChI=1S/C42H30N4/c1-42(2,3)34-25-28(43-4)26-35(44-5)41(34)46-37-20-12-10-17-33(37)40-30(18-13-21-38(40)46)27-22-23-32-31-16-9-11-19-36(31)45(39(32)24-27)29-14-7-6-8-15-29/h6-26H,1-3H3. The molecule has 0 amide bonds. The maximum Gasteiger partial charge on any atom is 0.200 e. The fraction of sp³-hybridized carbons (Fsp3) is 0.0952. The van der Waals surface area contributed by atoms with Crippen molar-refractivity contribution in [2.24, 2.45) is 0 Å². The van der Waals surface area contributed by atoms with Crippen molar-refractivity contribution in [1.82, 2.24) is 9.13 Å². The Kier molecular flexibility index (Phi) is 6.11. The van der Waals surface area contributed by atoms with Gasteiger partial charge in [0, 0.05) is 27.2 Å². The first-order chi connectivity index (χ1) is 22.4. The third-order valence-corrected chi connectivity index (χ3v) is 9.05. The van der Waals surface area contributed by atoms with Gasteiger partial charge in [0.05, 0.1) is 40.9 Å². The lowest BCUT2D eigenvalue weighted by molar-refractivity contribution is 0.588. The van der Waals surface area contributed by atoms with Crippen LogP contribution in [0.4, 0.5) is 11.4 Å². The molecule has 0 atom stereocenters. The molecule has 8 rings (SSSR count). The second-order valence-corrected chi connectivity index (χ2v) is 12.8. The molecule has 0 N–H and O–H groups in total. The first-order valence-electron chi connectivity index (χ1n) is 15.4. The predicted octanol–water partition coefficient (Wildman–Crippen LogP) is 11.9. The average Bonchev–Trinajstić information content (AvgIpc) is 3.60. The van der Waals surface area contributed by atoms with E-state index in [2.05, 4.69) is 155 Å². The van der Waals surface area contributed by atoms with E-state index in [-0.39, 0.29) is 5.41 Å². The lowest BCUT2D eigenvalue weighted by Crippen LogP contribution is -2.15. The zero-order chi connectivity index (χ0) is 31.6. The van der Waals surface area contributed by atoms with Crippen LogP contribution in [0.5, 0.6) is 0 Å². The van der Waals surface area contributed by atoms with Crippen LogP contribution in [0.3, 0.4) is 0 Å². The topological polar surface area (TPSA) is 18.6 Å². The molecule has 2 aromatic heterocycles. The summed E-state index contributed by atoms with van der Waals surface area (Å²) < 4.78 is 4.60. The molecule has 0 radical (unpaired) electrons. The maximum atomic E-state index is 8.17. The minimum atomic E-state index is -0.291. The van der Waals surface area contributed by atoms with Crippen molar-refractivity contribution in [3.63, 3.8) is 0 Å². The van der Waals surface area contributed by atoms with E-state index in [0.717, 1.165) is 55.4 Å². The highest BCUT2D eigenvalue weighted by Crippen LogP contribution is 2.45. The van der Waals surface area contributed by atoms with Gasteiger partial charge in [-0.15, -0.1) is 0 Å². The first-order valence-corrected chi connectivity index (χ1v) is 15.4. The summed E-state index contributed by atoms with van der Waals surface area (Å²) in [6, 6.07) is 44.6. The van der Waals surface area contributed by atoms with Gasteiger partial charge in [0.1, 0.15) is 0 Å². The fourth-order valence-corrected chi connectivity index (χ4v) is 7.05. The second-order valence-electron chi connectivity index (χ2n) is 12.8. The Morgan fingerprint density at radius 3 is 1.91 bits per heavy atom. The van der Waals surface area contributed by atoms with Gasteiger partial charge in [-0.3, -0.25) is 0 Å². The normalized spacial score (nSPS) is 11.8. The summed E-state index contributed by atoms with van der Waals surface area (Å²) in [6.07, 6.45) is 0.